The number of nitrogens with one attached hydrogen (secondary N) is 2. The zero-order valence-corrected chi connectivity index (χ0v) is 15.1. The summed E-state index contributed by atoms with van der Waals surface area (Å²) in [5.41, 5.74) is 4.26. The first-order valence-corrected chi connectivity index (χ1v) is 8.82. The van der Waals surface area contributed by atoms with Gasteiger partial charge in [0, 0.05) is 24.0 Å². The van der Waals surface area contributed by atoms with Crippen LogP contribution in [0.25, 0.3) is 0 Å². The molecule has 0 aliphatic carbocycles. The van der Waals surface area contributed by atoms with Gasteiger partial charge in [0.05, 0.1) is 0 Å². The molecule has 0 fully saturated rings. The molecule has 3 rings (SSSR count). The third-order valence-electron chi connectivity index (χ3n) is 4.10. The largest absolute Gasteiger partial charge is 0.354 e. The van der Waals surface area contributed by atoms with Gasteiger partial charge in [-0.1, -0.05) is 31.2 Å². The summed E-state index contributed by atoms with van der Waals surface area (Å²) >= 11 is 0. The van der Waals surface area contributed by atoms with E-state index in [-0.39, 0.29) is 5.82 Å². The fourth-order valence-corrected chi connectivity index (χ4v) is 2.65. The van der Waals surface area contributed by atoms with Gasteiger partial charge >= 0.3 is 0 Å². The smallest absolute Gasteiger partial charge is 0.224 e. The standard InChI is InChI=1S/C21H23FN4/c1-3-16-6-10-19(11-7-16)25-20-14-15(2)24-21(26-20)23-13-12-17-4-8-18(22)9-5-17/h4-11,14H,3,12-13H2,1-2H3,(H2,23,24,25,26). The van der Waals surface area contributed by atoms with Crippen molar-refractivity contribution in [3.63, 3.8) is 0 Å². The summed E-state index contributed by atoms with van der Waals surface area (Å²) in [7, 11) is 0. The average Bonchev–Trinajstić information content (AvgIpc) is 2.64. The molecule has 0 aliphatic rings. The maximum atomic E-state index is 12.9. The molecular weight excluding hydrogens is 327 g/mol. The first kappa shape index (κ1) is 17.9. The maximum Gasteiger partial charge on any atom is 0.224 e. The molecule has 0 atom stereocenters. The highest BCUT2D eigenvalue weighted by molar-refractivity contribution is 5.58. The highest BCUT2D eigenvalue weighted by atomic mass is 19.1. The molecule has 0 radical (unpaired) electrons. The second-order valence-electron chi connectivity index (χ2n) is 6.20. The summed E-state index contributed by atoms with van der Waals surface area (Å²) in [6, 6.07) is 16.8. The van der Waals surface area contributed by atoms with Crippen molar-refractivity contribution < 1.29 is 4.39 Å². The number of benzene rings is 2. The fourth-order valence-electron chi connectivity index (χ4n) is 2.65. The first-order chi connectivity index (χ1) is 12.6. The van der Waals surface area contributed by atoms with Gasteiger partial charge in [-0.3, -0.25) is 0 Å². The van der Waals surface area contributed by atoms with Crippen LogP contribution in [0.2, 0.25) is 0 Å². The first-order valence-electron chi connectivity index (χ1n) is 8.82. The number of hydrogen-bond acceptors (Lipinski definition) is 4. The maximum absolute atomic E-state index is 12.9. The van der Waals surface area contributed by atoms with Crippen molar-refractivity contribution >= 4 is 17.5 Å². The minimum Gasteiger partial charge on any atom is -0.354 e. The number of anilines is 3. The molecule has 26 heavy (non-hydrogen) atoms. The van der Waals surface area contributed by atoms with Gasteiger partial charge in [-0.15, -0.1) is 0 Å². The third-order valence-corrected chi connectivity index (χ3v) is 4.10. The van der Waals surface area contributed by atoms with E-state index in [1.165, 1.54) is 17.7 Å². The molecule has 134 valence electrons. The lowest BCUT2D eigenvalue weighted by Crippen LogP contribution is -2.09. The second kappa shape index (κ2) is 8.43. The minimum atomic E-state index is -0.216. The summed E-state index contributed by atoms with van der Waals surface area (Å²) in [5, 5.41) is 6.56. The lowest BCUT2D eigenvalue weighted by atomic mass is 10.1. The van der Waals surface area contributed by atoms with Crippen molar-refractivity contribution in [2.75, 3.05) is 17.2 Å². The van der Waals surface area contributed by atoms with Gasteiger partial charge in [-0.25, -0.2) is 9.37 Å². The van der Waals surface area contributed by atoms with E-state index in [4.69, 9.17) is 0 Å². The molecule has 3 aromatic rings. The molecule has 2 aromatic carbocycles. The Labute approximate surface area is 153 Å². The number of rotatable bonds is 7. The highest BCUT2D eigenvalue weighted by Gasteiger charge is 2.03. The van der Waals surface area contributed by atoms with Crippen LogP contribution >= 0.6 is 0 Å². The van der Waals surface area contributed by atoms with E-state index >= 15 is 0 Å². The molecule has 0 saturated heterocycles. The lowest BCUT2D eigenvalue weighted by Gasteiger charge is -2.10. The van der Waals surface area contributed by atoms with Gasteiger partial charge in [0.25, 0.3) is 0 Å². The van der Waals surface area contributed by atoms with E-state index in [1.807, 2.05) is 13.0 Å². The van der Waals surface area contributed by atoms with E-state index in [0.29, 0.717) is 12.5 Å². The number of aromatic nitrogens is 2. The summed E-state index contributed by atoms with van der Waals surface area (Å²) in [5.74, 6) is 1.12. The van der Waals surface area contributed by atoms with E-state index in [0.717, 1.165) is 35.6 Å². The molecule has 0 saturated carbocycles. The Morgan fingerprint density at radius 3 is 2.31 bits per heavy atom. The SMILES string of the molecule is CCc1ccc(Nc2cc(C)nc(NCCc3ccc(F)cc3)n2)cc1. The normalized spacial score (nSPS) is 10.6. The van der Waals surface area contributed by atoms with Crippen molar-refractivity contribution in [1.29, 1.82) is 0 Å². The van der Waals surface area contributed by atoms with Gasteiger partial charge in [-0.2, -0.15) is 4.98 Å². The molecule has 0 amide bonds. The van der Waals surface area contributed by atoms with E-state index < -0.39 is 0 Å². The van der Waals surface area contributed by atoms with Crippen LogP contribution in [-0.4, -0.2) is 16.5 Å². The summed E-state index contributed by atoms with van der Waals surface area (Å²) in [6.45, 7) is 4.76. The van der Waals surface area contributed by atoms with Gasteiger partial charge in [-0.05, 0) is 55.2 Å². The fraction of sp³-hybridized carbons (Fsp3) is 0.238. The Hall–Kier alpha value is -2.95. The molecule has 1 heterocycles. The zero-order chi connectivity index (χ0) is 18.4. The minimum absolute atomic E-state index is 0.216. The number of aryl methyl sites for hydroxylation is 2. The third kappa shape index (κ3) is 5.02. The van der Waals surface area contributed by atoms with Crippen LogP contribution < -0.4 is 10.6 Å². The number of halogens is 1. The van der Waals surface area contributed by atoms with Crippen LogP contribution in [0.1, 0.15) is 23.7 Å². The van der Waals surface area contributed by atoms with Crippen molar-refractivity contribution in [3.8, 4) is 0 Å². The van der Waals surface area contributed by atoms with Crippen LogP contribution in [0.3, 0.4) is 0 Å². The van der Waals surface area contributed by atoms with Crippen molar-refractivity contribution in [3.05, 3.63) is 77.2 Å². The van der Waals surface area contributed by atoms with E-state index in [9.17, 15) is 4.39 Å². The van der Waals surface area contributed by atoms with E-state index in [1.54, 1.807) is 12.1 Å². The predicted octanol–water partition coefficient (Wildman–Crippen LogP) is 4.88. The zero-order valence-electron chi connectivity index (χ0n) is 15.1. The van der Waals surface area contributed by atoms with Crippen molar-refractivity contribution in [1.82, 2.24) is 9.97 Å². The van der Waals surface area contributed by atoms with Gasteiger partial charge in [0.15, 0.2) is 0 Å². The monoisotopic (exact) mass is 350 g/mol. The van der Waals surface area contributed by atoms with Gasteiger partial charge < -0.3 is 10.6 Å². The topological polar surface area (TPSA) is 49.8 Å². The second-order valence-corrected chi connectivity index (χ2v) is 6.20. The van der Waals surface area contributed by atoms with Crippen molar-refractivity contribution in [2.45, 2.75) is 26.7 Å². The molecule has 0 bridgehead atoms. The molecule has 2 N–H and O–H groups in total. The predicted molar refractivity (Wildman–Crippen MR) is 104 cm³/mol. The highest BCUT2D eigenvalue weighted by Crippen LogP contribution is 2.17. The molecule has 0 spiro atoms. The average molecular weight is 350 g/mol. The molecule has 1 aromatic heterocycles. The molecule has 4 nitrogen and oxygen atoms in total. The Balaban J connectivity index is 1.62. The molecule has 0 unspecified atom stereocenters. The summed E-state index contributed by atoms with van der Waals surface area (Å²) in [6.07, 6.45) is 1.80. The van der Waals surface area contributed by atoms with E-state index in [2.05, 4.69) is 51.8 Å². The molecule has 5 heteroatoms. The van der Waals surface area contributed by atoms with Crippen LogP contribution in [0.4, 0.5) is 21.8 Å². The number of nitrogens with zero attached hydrogens (tertiary/aromatic N) is 2. The van der Waals surface area contributed by atoms with Crippen LogP contribution in [0.5, 0.6) is 0 Å². The Kier molecular flexibility index (Phi) is 5.79. The quantitative estimate of drug-likeness (QED) is 0.637. The lowest BCUT2D eigenvalue weighted by molar-refractivity contribution is 0.627. The van der Waals surface area contributed by atoms with Crippen LogP contribution in [0, 0.1) is 12.7 Å². The number of hydrogen-bond donors (Lipinski definition) is 2. The Morgan fingerprint density at radius 2 is 1.62 bits per heavy atom. The Morgan fingerprint density at radius 1 is 0.923 bits per heavy atom. The van der Waals surface area contributed by atoms with Crippen LogP contribution in [0.15, 0.2) is 54.6 Å². The summed E-state index contributed by atoms with van der Waals surface area (Å²) < 4.78 is 12.9. The van der Waals surface area contributed by atoms with Crippen molar-refractivity contribution in [2.24, 2.45) is 0 Å². The Bertz CT molecular complexity index is 845. The van der Waals surface area contributed by atoms with Gasteiger partial charge in [0.1, 0.15) is 11.6 Å². The van der Waals surface area contributed by atoms with Crippen LogP contribution in [-0.2, 0) is 12.8 Å². The van der Waals surface area contributed by atoms with Gasteiger partial charge in [0.2, 0.25) is 5.95 Å². The summed E-state index contributed by atoms with van der Waals surface area (Å²) in [4.78, 5) is 8.95. The molecule has 0 aliphatic heterocycles. The molecular formula is C21H23FN4.